The third kappa shape index (κ3) is 2.55. The number of rotatable bonds is 2. The lowest BCUT2D eigenvalue weighted by Crippen LogP contribution is -2.64. The van der Waals surface area contributed by atoms with Gasteiger partial charge in [0.1, 0.15) is 0 Å². The molecule has 0 aromatic heterocycles. The number of nitrogens with zero attached hydrogens (tertiary/aromatic N) is 1. The average Bonchev–Trinajstić information content (AvgIpc) is 2.73. The normalized spacial score (nSPS) is 21.4. The second-order valence-electron chi connectivity index (χ2n) is 7.84. The number of amides is 1. The fourth-order valence-electron chi connectivity index (χ4n) is 5.11. The van der Waals surface area contributed by atoms with Crippen molar-refractivity contribution in [2.75, 3.05) is 4.90 Å². The number of anilines is 1. The molecule has 1 aliphatic carbocycles. The first-order valence-corrected chi connectivity index (χ1v) is 10.6. The molecule has 1 amide bonds. The van der Waals surface area contributed by atoms with E-state index < -0.39 is 0 Å². The molecule has 1 spiro atoms. The highest BCUT2D eigenvalue weighted by Crippen LogP contribution is 2.59. The van der Waals surface area contributed by atoms with E-state index in [1.807, 2.05) is 0 Å². The van der Waals surface area contributed by atoms with Crippen molar-refractivity contribution in [2.24, 2.45) is 5.41 Å². The van der Waals surface area contributed by atoms with Crippen LogP contribution in [-0.4, -0.2) is 5.91 Å². The van der Waals surface area contributed by atoms with Crippen LogP contribution in [0.25, 0.3) is 10.8 Å². The molecule has 1 saturated heterocycles. The van der Waals surface area contributed by atoms with E-state index in [0.29, 0.717) is 5.91 Å². The van der Waals surface area contributed by atoms with Gasteiger partial charge in [0, 0.05) is 9.86 Å². The predicted octanol–water partition coefficient (Wildman–Crippen LogP) is 6.64. The SMILES string of the molecule is O=C1N(c2cccc3ccccc23)[C@H](c2ccc(Br)cc2)C12CCCCC2. The van der Waals surface area contributed by atoms with Crippen molar-refractivity contribution < 1.29 is 4.79 Å². The Morgan fingerprint density at radius 1 is 0.852 bits per heavy atom. The van der Waals surface area contributed by atoms with E-state index in [4.69, 9.17) is 0 Å². The third-order valence-electron chi connectivity index (χ3n) is 6.38. The van der Waals surface area contributed by atoms with Gasteiger partial charge in [-0.3, -0.25) is 4.79 Å². The number of hydrogen-bond acceptors (Lipinski definition) is 1. The van der Waals surface area contributed by atoms with Crippen LogP contribution in [0.4, 0.5) is 5.69 Å². The number of benzene rings is 3. The summed E-state index contributed by atoms with van der Waals surface area (Å²) in [5.74, 6) is 0.312. The zero-order chi connectivity index (χ0) is 18.4. The van der Waals surface area contributed by atoms with Crippen LogP contribution in [0.15, 0.2) is 71.2 Å². The molecule has 0 bridgehead atoms. The number of carbonyl (C=O) groups excluding carboxylic acids is 1. The van der Waals surface area contributed by atoms with Gasteiger partial charge in [-0.05, 0) is 42.0 Å². The van der Waals surface area contributed by atoms with Gasteiger partial charge in [-0.25, -0.2) is 0 Å². The van der Waals surface area contributed by atoms with Gasteiger partial charge in [-0.1, -0.05) is 83.7 Å². The Bertz CT molecular complexity index is 999. The molecule has 5 rings (SSSR count). The van der Waals surface area contributed by atoms with Crippen LogP contribution in [0, 0.1) is 5.41 Å². The molecule has 2 fully saturated rings. The topological polar surface area (TPSA) is 20.3 Å². The van der Waals surface area contributed by atoms with Crippen molar-refractivity contribution in [3.63, 3.8) is 0 Å². The van der Waals surface area contributed by atoms with Crippen LogP contribution >= 0.6 is 15.9 Å². The molecule has 0 N–H and O–H groups in total. The van der Waals surface area contributed by atoms with Gasteiger partial charge in [-0.15, -0.1) is 0 Å². The standard InChI is InChI=1S/C24H22BrNO/c25-19-13-11-18(12-14-19)22-24(15-4-1-5-16-24)23(27)26(22)21-10-6-8-17-7-2-3-9-20(17)21/h2-3,6-14,22H,1,4-5,15-16H2/t22-/m1/s1. The van der Waals surface area contributed by atoms with Gasteiger partial charge in [-0.2, -0.15) is 0 Å². The molecule has 2 aliphatic rings. The maximum absolute atomic E-state index is 13.6. The highest BCUT2D eigenvalue weighted by molar-refractivity contribution is 9.10. The summed E-state index contributed by atoms with van der Waals surface area (Å²) in [5.41, 5.74) is 2.07. The Kier molecular flexibility index (Phi) is 4.08. The van der Waals surface area contributed by atoms with E-state index in [1.54, 1.807) is 0 Å². The van der Waals surface area contributed by atoms with E-state index in [2.05, 4.69) is 87.6 Å². The molecule has 0 unspecified atom stereocenters. The van der Waals surface area contributed by atoms with Gasteiger partial charge >= 0.3 is 0 Å². The molecule has 136 valence electrons. The fourth-order valence-corrected chi connectivity index (χ4v) is 5.37. The molecular weight excluding hydrogens is 398 g/mol. The lowest BCUT2D eigenvalue weighted by molar-refractivity contribution is -0.143. The molecule has 1 heterocycles. The molecular formula is C24H22BrNO. The Hall–Kier alpha value is -2.13. The number of carbonyl (C=O) groups is 1. The highest BCUT2D eigenvalue weighted by Gasteiger charge is 2.61. The Balaban J connectivity index is 1.66. The highest BCUT2D eigenvalue weighted by atomic mass is 79.9. The molecule has 3 aromatic rings. The minimum Gasteiger partial charge on any atom is -0.303 e. The maximum Gasteiger partial charge on any atom is 0.236 e. The fraction of sp³-hybridized carbons (Fsp3) is 0.292. The summed E-state index contributed by atoms with van der Waals surface area (Å²) in [6.45, 7) is 0. The largest absolute Gasteiger partial charge is 0.303 e. The van der Waals surface area contributed by atoms with Crippen LogP contribution in [0.3, 0.4) is 0 Å². The summed E-state index contributed by atoms with van der Waals surface area (Å²) in [7, 11) is 0. The maximum atomic E-state index is 13.6. The zero-order valence-electron chi connectivity index (χ0n) is 15.2. The molecule has 1 atom stereocenters. The van der Waals surface area contributed by atoms with Gasteiger partial charge in [0.15, 0.2) is 0 Å². The second kappa shape index (κ2) is 6.49. The van der Waals surface area contributed by atoms with Gasteiger partial charge in [0.05, 0.1) is 17.1 Å². The summed E-state index contributed by atoms with van der Waals surface area (Å²) in [6, 6.07) is 23.3. The summed E-state index contributed by atoms with van der Waals surface area (Å²) in [6.07, 6.45) is 5.57. The molecule has 2 nitrogen and oxygen atoms in total. The van der Waals surface area contributed by atoms with Crippen LogP contribution in [0.2, 0.25) is 0 Å². The van der Waals surface area contributed by atoms with Gasteiger partial charge in [0.25, 0.3) is 0 Å². The predicted molar refractivity (Wildman–Crippen MR) is 114 cm³/mol. The Morgan fingerprint density at radius 3 is 2.33 bits per heavy atom. The first-order valence-electron chi connectivity index (χ1n) is 9.78. The van der Waals surface area contributed by atoms with Crippen molar-refractivity contribution in [1.82, 2.24) is 0 Å². The van der Waals surface area contributed by atoms with E-state index in [-0.39, 0.29) is 11.5 Å². The molecule has 3 heteroatoms. The first-order chi connectivity index (χ1) is 13.2. The Morgan fingerprint density at radius 2 is 1.56 bits per heavy atom. The molecule has 0 radical (unpaired) electrons. The van der Waals surface area contributed by atoms with Crippen molar-refractivity contribution in [1.29, 1.82) is 0 Å². The first kappa shape index (κ1) is 17.0. The van der Waals surface area contributed by atoms with E-state index in [0.717, 1.165) is 41.2 Å². The third-order valence-corrected chi connectivity index (χ3v) is 6.91. The van der Waals surface area contributed by atoms with Crippen molar-refractivity contribution >= 4 is 38.3 Å². The lowest BCUT2D eigenvalue weighted by Gasteiger charge is -2.58. The molecule has 1 saturated carbocycles. The minimum absolute atomic E-state index is 0.129. The van der Waals surface area contributed by atoms with Crippen LogP contribution < -0.4 is 4.90 Å². The average molecular weight is 420 g/mol. The quantitative estimate of drug-likeness (QED) is 0.426. The zero-order valence-corrected chi connectivity index (χ0v) is 16.8. The molecule has 1 aliphatic heterocycles. The summed E-state index contributed by atoms with van der Waals surface area (Å²) in [4.78, 5) is 15.6. The van der Waals surface area contributed by atoms with Crippen molar-refractivity contribution in [2.45, 2.75) is 38.1 Å². The van der Waals surface area contributed by atoms with Crippen molar-refractivity contribution in [3.05, 3.63) is 76.8 Å². The number of hydrogen-bond donors (Lipinski definition) is 0. The molecule has 3 aromatic carbocycles. The number of halogens is 1. The number of β-lactam (4-membered cyclic amide) rings is 1. The Labute approximate surface area is 168 Å². The van der Waals surface area contributed by atoms with Gasteiger partial charge in [0.2, 0.25) is 5.91 Å². The lowest BCUT2D eigenvalue weighted by atomic mass is 9.60. The summed E-state index contributed by atoms with van der Waals surface area (Å²) < 4.78 is 1.08. The van der Waals surface area contributed by atoms with Crippen molar-refractivity contribution in [3.8, 4) is 0 Å². The smallest absolute Gasteiger partial charge is 0.236 e. The summed E-state index contributed by atoms with van der Waals surface area (Å²) in [5, 5.41) is 2.34. The van der Waals surface area contributed by atoms with E-state index >= 15 is 0 Å². The monoisotopic (exact) mass is 419 g/mol. The van der Waals surface area contributed by atoms with Crippen LogP contribution in [0.5, 0.6) is 0 Å². The van der Waals surface area contributed by atoms with E-state index in [1.165, 1.54) is 17.4 Å². The van der Waals surface area contributed by atoms with Gasteiger partial charge < -0.3 is 4.90 Å². The number of fused-ring (bicyclic) bond motifs is 1. The minimum atomic E-state index is -0.219. The van der Waals surface area contributed by atoms with E-state index in [9.17, 15) is 4.79 Å². The van der Waals surface area contributed by atoms with Crippen LogP contribution in [0.1, 0.15) is 43.7 Å². The van der Waals surface area contributed by atoms with Crippen LogP contribution in [-0.2, 0) is 4.79 Å². The summed E-state index contributed by atoms with van der Waals surface area (Å²) >= 11 is 3.55. The molecule has 27 heavy (non-hydrogen) atoms. The second-order valence-corrected chi connectivity index (χ2v) is 8.76.